The number of primary sulfonamides is 1. The predicted molar refractivity (Wildman–Crippen MR) is 73.5 cm³/mol. The minimum Gasteiger partial charge on any atom is -0.308 e. The number of nitrogens with zero attached hydrogens (tertiary/aromatic N) is 2. The average molecular weight is 399 g/mol. The zero-order valence-corrected chi connectivity index (χ0v) is 13.0. The maximum atomic E-state index is 11.8. The highest BCUT2D eigenvalue weighted by Crippen LogP contribution is 2.31. The Morgan fingerprint density at radius 3 is 2.67 bits per heavy atom. The standard InChI is InChI=1S/C9H9Br2N3O3S/c10-5-1-7(9(11)13-3-5)14-4-6(2-8(14)15)18(12,16)17/h1,3,6H,2,4H2,(H2,12,16,17). The van der Waals surface area contributed by atoms with Gasteiger partial charge in [0.15, 0.2) is 0 Å². The first-order chi connectivity index (χ1) is 8.29. The fraction of sp³-hybridized carbons (Fsp3) is 0.333. The quantitative estimate of drug-likeness (QED) is 0.752. The van der Waals surface area contributed by atoms with Crippen LogP contribution < -0.4 is 10.0 Å². The second-order valence-electron chi connectivity index (χ2n) is 3.88. The molecule has 1 aliphatic heterocycles. The summed E-state index contributed by atoms with van der Waals surface area (Å²) in [5.41, 5.74) is 0.528. The zero-order valence-electron chi connectivity index (χ0n) is 9.01. The van der Waals surface area contributed by atoms with Gasteiger partial charge in [0.1, 0.15) is 9.85 Å². The van der Waals surface area contributed by atoms with Gasteiger partial charge >= 0.3 is 0 Å². The Bertz CT molecular complexity index is 605. The molecule has 1 amide bonds. The topological polar surface area (TPSA) is 93.4 Å². The number of rotatable bonds is 2. The van der Waals surface area contributed by atoms with Crippen LogP contribution in [0, 0.1) is 0 Å². The first kappa shape index (κ1) is 13.9. The van der Waals surface area contributed by atoms with Crippen LogP contribution in [0.2, 0.25) is 0 Å². The van der Waals surface area contributed by atoms with E-state index in [4.69, 9.17) is 5.14 Å². The fourth-order valence-electron chi connectivity index (χ4n) is 1.73. The minimum absolute atomic E-state index is 0.0500. The number of anilines is 1. The fourth-order valence-corrected chi connectivity index (χ4v) is 3.21. The molecular weight excluding hydrogens is 390 g/mol. The van der Waals surface area contributed by atoms with E-state index in [2.05, 4.69) is 36.8 Å². The van der Waals surface area contributed by atoms with Gasteiger partial charge in [0.25, 0.3) is 0 Å². The second kappa shape index (κ2) is 4.87. The van der Waals surface area contributed by atoms with Crippen molar-refractivity contribution in [2.24, 2.45) is 5.14 Å². The Balaban J connectivity index is 2.35. The number of nitrogens with two attached hydrogens (primary N) is 1. The molecule has 0 aliphatic carbocycles. The predicted octanol–water partition coefficient (Wildman–Crippen LogP) is 1.00. The molecule has 0 bridgehead atoms. The lowest BCUT2D eigenvalue weighted by Gasteiger charge is -2.17. The molecule has 1 unspecified atom stereocenters. The molecule has 1 fully saturated rings. The Hall–Kier alpha value is -0.510. The minimum atomic E-state index is -3.71. The highest BCUT2D eigenvalue weighted by Gasteiger charge is 2.38. The van der Waals surface area contributed by atoms with Gasteiger partial charge in [-0.05, 0) is 37.9 Å². The summed E-state index contributed by atoms with van der Waals surface area (Å²) in [6.45, 7) is 0.0500. The van der Waals surface area contributed by atoms with E-state index >= 15 is 0 Å². The molecule has 1 aromatic heterocycles. The molecule has 2 rings (SSSR count). The number of carbonyl (C=O) groups excluding carboxylic acids is 1. The van der Waals surface area contributed by atoms with Gasteiger partial charge in [-0.1, -0.05) is 0 Å². The number of halogens is 2. The lowest BCUT2D eigenvalue weighted by molar-refractivity contribution is -0.117. The summed E-state index contributed by atoms with van der Waals surface area (Å²) in [6, 6.07) is 1.69. The third kappa shape index (κ3) is 2.73. The summed E-state index contributed by atoms with van der Waals surface area (Å²) in [5, 5.41) is 4.20. The van der Waals surface area contributed by atoms with Crippen LogP contribution in [0.15, 0.2) is 21.3 Å². The maximum absolute atomic E-state index is 11.8. The zero-order chi connectivity index (χ0) is 13.5. The van der Waals surface area contributed by atoms with E-state index in [9.17, 15) is 13.2 Å². The van der Waals surface area contributed by atoms with Gasteiger partial charge in [-0.3, -0.25) is 4.79 Å². The molecule has 0 saturated carbocycles. The van der Waals surface area contributed by atoms with Crippen molar-refractivity contribution in [1.29, 1.82) is 0 Å². The highest BCUT2D eigenvalue weighted by atomic mass is 79.9. The smallest absolute Gasteiger partial charge is 0.228 e. The van der Waals surface area contributed by atoms with Gasteiger partial charge in [0.05, 0.1) is 5.69 Å². The van der Waals surface area contributed by atoms with Gasteiger partial charge in [0, 0.05) is 23.6 Å². The van der Waals surface area contributed by atoms with Crippen molar-refractivity contribution in [3.63, 3.8) is 0 Å². The number of aromatic nitrogens is 1. The van der Waals surface area contributed by atoms with Crippen molar-refractivity contribution in [2.45, 2.75) is 11.7 Å². The van der Waals surface area contributed by atoms with E-state index < -0.39 is 15.3 Å². The summed E-state index contributed by atoms with van der Waals surface area (Å²) in [5.74, 6) is -0.283. The summed E-state index contributed by atoms with van der Waals surface area (Å²) < 4.78 is 23.7. The summed E-state index contributed by atoms with van der Waals surface area (Å²) in [4.78, 5) is 17.2. The number of sulfonamides is 1. The molecule has 1 saturated heterocycles. The van der Waals surface area contributed by atoms with Gasteiger partial charge < -0.3 is 4.90 Å². The maximum Gasteiger partial charge on any atom is 0.228 e. The third-order valence-corrected chi connectivity index (χ3v) is 4.92. The van der Waals surface area contributed by atoms with Crippen LogP contribution in [0.4, 0.5) is 5.69 Å². The van der Waals surface area contributed by atoms with Crippen molar-refractivity contribution < 1.29 is 13.2 Å². The van der Waals surface area contributed by atoms with Crippen LogP contribution >= 0.6 is 31.9 Å². The second-order valence-corrected chi connectivity index (χ2v) is 7.39. The van der Waals surface area contributed by atoms with Crippen molar-refractivity contribution in [3.05, 3.63) is 21.3 Å². The van der Waals surface area contributed by atoms with E-state index in [0.29, 0.717) is 14.8 Å². The first-order valence-corrected chi connectivity index (χ1v) is 8.11. The normalized spacial score (nSPS) is 20.5. The molecule has 0 radical (unpaired) electrons. The van der Waals surface area contributed by atoms with Crippen LogP contribution in [0.1, 0.15) is 6.42 Å². The van der Waals surface area contributed by atoms with Crippen molar-refractivity contribution in [1.82, 2.24) is 4.98 Å². The van der Waals surface area contributed by atoms with E-state index in [1.807, 2.05) is 0 Å². The molecule has 2 heterocycles. The summed E-state index contributed by atoms with van der Waals surface area (Å²) in [7, 11) is -3.71. The van der Waals surface area contributed by atoms with Crippen LogP contribution in [0.3, 0.4) is 0 Å². The van der Waals surface area contributed by atoms with Gasteiger partial charge in [-0.2, -0.15) is 0 Å². The number of pyridine rings is 1. The van der Waals surface area contributed by atoms with E-state index in [1.54, 1.807) is 12.3 Å². The monoisotopic (exact) mass is 397 g/mol. The number of carbonyl (C=O) groups is 1. The average Bonchev–Trinajstić information content (AvgIpc) is 2.64. The van der Waals surface area contributed by atoms with Crippen LogP contribution in [-0.4, -0.2) is 31.1 Å². The van der Waals surface area contributed by atoms with Crippen molar-refractivity contribution in [2.75, 3.05) is 11.4 Å². The first-order valence-electron chi connectivity index (χ1n) is 4.92. The van der Waals surface area contributed by atoms with Crippen molar-refractivity contribution in [3.8, 4) is 0 Å². The molecule has 1 atom stereocenters. The lowest BCUT2D eigenvalue weighted by Crippen LogP contribution is -2.32. The molecule has 1 aliphatic rings. The highest BCUT2D eigenvalue weighted by molar-refractivity contribution is 9.11. The molecule has 0 spiro atoms. The Labute approximate surface area is 121 Å². The SMILES string of the molecule is NS(=O)(=O)C1CC(=O)N(c2cc(Br)cnc2Br)C1. The van der Waals surface area contributed by atoms with E-state index in [1.165, 1.54) is 4.90 Å². The molecule has 9 heteroatoms. The van der Waals surface area contributed by atoms with Crippen molar-refractivity contribution >= 4 is 53.5 Å². The van der Waals surface area contributed by atoms with Gasteiger partial charge in [0.2, 0.25) is 15.9 Å². The van der Waals surface area contributed by atoms with Gasteiger partial charge in [-0.15, -0.1) is 0 Å². The number of hydrogen-bond donors (Lipinski definition) is 1. The Kier molecular flexibility index (Phi) is 3.77. The third-order valence-electron chi connectivity index (χ3n) is 2.63. The summed E-state index contributed by atoms with van der Waals surface area (Å²) >= 11 is 6.49. The molecule has 2 N–H and O–H groups in total. The molecule has 6 nitrogen and oxygen atoms in total. The largest absolute Gasteiger partial charge is 0.308 e. The Morgan fingerprint density at radius 1 is 1.44 bits per heavy atom. The van der Waals surface area contributed by atoms with Crippen LogP contribution in [0.25, 0.3) is 0 Å². The number of hydrogen-bond acceptors (Lipinski definition) is 4. The number of amides is 1. The van der Waals surface area contributed by atoms with Crippen LogP contribution in [-0.2, 0) is 14.8 Å². The van der Waals surface area contributed by atoms with Crippen LogP contribution in [0.5, 0.6) is 0 Å². The molecule has 1 aromatic rings. The lowest BCUT2D eigenvalue weighted by atomic mass is 10.4. The molecule has 0 aromatic carbocycles. The van der Waals surface area contributed by atoms with E-state index in [0.717, 1.165) is 0 Å². The summed E-state index contributed by atoms with van der Waals surface area (Å²) in [6.07, 6.45) is 1.48. The molecule has 18 heavy (non-hydrogen) atoms. The molecular formula is C9H9Br2N3O3S. The van der Waals surface area contributed by atoms with E-state index in [-0.39, 0.29) is 18.9 Å². The molecule has 98 valence electrons. The van der Waals surface area contributed by atoms with Gasteiger partial charge in [-0.25, -0.2) is 18.5 Å². The Morgan fingerprint density at radius 2 is 2.11 bits per heavy atom.